The van der Waals surface area contributed by atoms with E-state index in [2.05, 4.69) is 0 Å². The normalized spacial score (nSPS) is 16.4. The minimum atomic E-state index is -0.512. The molecule has 0 radical (unpaired) electrons. The second kappa shape index (κ2) is 6.06. The van der Waals surface area contributed by atoms with Gasteiger partial charge in [0.2, 0.25) is 0 Å². The minimum absolute atomic E-state index is 0.119. The number of hydrogen-bond donors (Lipinski definition) is 1. The summed E-state index contributed by atoms with van der Waals surface area (Å²) in [7, 11) is 0. The van der Waals surface area contributed by atoms with Crippen molar-refractivity contribution in [3.63, 3.8) is 0 Å². The number of aliphatic hydroxyl groups excluding tert-OH is 1. The number of rotatable bonds is 5. The zero-order chi connectivity index (χ0) is 15.5. The van der Waals surface area contributed by atoms with Crippen LogP contribution in [0.25, 0.3) is 0 Å². The van der Waals surface area contributed by atoms with Gasteiger partial charge in [0.25, 0.3) is 0 Å². The number of carbonyl (C=O) groups is 1. The van der Waals surface area contributed by atoms with Crippen LogP contribution in [0.4, 0.5) is 4.79 Å². The van der Waals surface area contributed by atoms with Crippen LogP contribution in [-0.2, 0) is 11.3 Å². The van der Waals surface area contributed by atoms with Gasteiger partial charge in [-0.2, -0.15) is 0 Å². The number of hydrogen-bond acceptors (Lipinski definition) is 3. The maximum atomic E-state index is 12.4. The quantitative estimate of drug-likeness (QED) is 0.906. The zero-order valence-electron chi connectivity index (χ0n) is 13.1. The van der Waals surface area contributed by atoms with Crippen molar-refractivity contribution in [2.75, 3.05) is 13.2 Å². The first-order chi connectivity index (χ1) is 9.84. The van der Waals surface area contributed by atoms with Crippen molar-refractivity contribution in [3.8, 4) is 0 Å². The highest BCUT2D eigenvalue weighted by molar-refractivity contribution is 5.68. The lowest BCUT2D eigenvalue weighted by Crippen LogP contribution is -2.40. The van der Waals surface area contributed by atoms with Crippen LogP contribution < -0.4 is 0 Å². The van der Waals surface area contributed by atoms with Gasteiger partial charge < -0.3 is 14.7 Å². The van der Waals surface area contributed by atoms with Crippen molar-refractivity contribution >= 4 is 6.09 Å². The molecule has 0 atom stereocenters. The molecule has 0 spiro atoms. The van der Waals surface area contributed by atoms with E-state index in [1.54, 1.807) is 4.90 Å². The molecule has 1 aromatic carbocycles. The van der Waals surface area contributed by atoms with E-state index < -0.39 is 5.60 Å². The van der Waals surface area contributed by atoms with Crippen LogP contribution in [0.1, 0.15) is 39.2 Å². The molecule has 0 bridgehead atoms. The number of aliphatic hydroxyl groups is 1. The Morgan fingerprint density at radius 1 is 1.29 bits per heavy atom. The van der Waals surface area contributed by atoms with Gasteiger partial charge in [0, 0.05) is 18.5 Å². The van der Waals surface area contributed by atoms with Crippen LogP contribution in [0.2, 0.25) is 0 Å². The third kappa shape index (κ3) is 4.74. The second-order valence-corrected chi connectivity index (χ2v) is 6.98. The first-order valence-electron chi connectivity index (χ1n) is 7.46. The summed E-state index contributed by atoms with van der Waals surface area (Å²) in [6.45, 7) is 6.78. The average Bonchev–Trinajstić information content (AvgIpc) is 3.18. The van der Waals surface area contributed by atoms with Gasteiger partial charge >= 0.3 is 6.09 Å². The van der Waals surface area contributed by atoms with Crippen molar-refractivity contribution in [3.05, 3.63) is 35.9 Å². The summed E-state index contributed by atoms with van der Waals surface area (Å²) < 4.78 is 5.50. The van der Waals surface area contributed by atoms with Crippen LogP contribution >= 0.6 is 0 Å². The first kappa shape index (κ1) is 15.8. The molecule has 4 heteroatoms. The van der Waals surface area contributed by atoms with E-state index in [9.17, 15) is 9.90 Å². The SMILES string of the molecule is CC(C)(C)OC(=O)N(Cc1ccccc1)CC1(CO)CC1. The van der Waals surface area contributed by atoms with Crippen LogP contribution in [0.5, 0.6) is 0 Å². The molecule has 1 amide bonds. The van der Waals surface area contributed by atoms with Crippen molar-refractivity contribution in [1.82, 2.24) is 4.90 Å². The molecular weight excluding hydrogens is 266 g/mol. The molecule has 21 heavy (non-hydrogen) atoms. The smallest absolute Gasteiger partial charge is 0.410 e. The largest absolute Gasteiger partial charge is 0.444 e. The summed E-state index contributed by atoms with van der Waals surface area (Å²) in [6.07, 6.45) is 1.63. The summed E-state index contributed by atoms with van der Waals surface area (Å²) in [5.74, 6) is 0. The molecule has 1 N–H and O–H groups in total. The van der Waals surface area contributed by atoms with Gasteiger partial charge in [0.15, 0.2) is 0 Å². The Morgan fingerprint density at radius 2 is 1.90 bits per heavy atom. The predicted octanol–water partition coefficient (Wildman–Crippen LogP) is 3.20. The van der Waals surface area contributed by atoms with E-state index in [1.807, 2.05) is 51.1 Å². The highest BCUT2D eigenvalue weighted by Gasteiger charge is 2.44. The zero-order valence-corrected chi connectivity index (χ0v) is 13.1. The Kier molecular flexibility index (Phi) is 4.57. The van der Waals surface area contributed by atoms with Crippen molar-refractivity contribution < 1.29 is 14.6 Å². The number of carbonyl (C=O) groups excluding carboxylic acids is 1. The first-order valence-corrected chi connectivity index (χ1v) is 7.46. The fraction of sp³-hybridized carbons (Fsp3) is 0.588. The van der Waals surface area contributed by atoms with E-state index in [4.69, 9.17) is 4.74 Å². The van der Waals surface area contributed by atoms with Crippen molar-refractivity contribution in [2.45, 2.75) is 45.8 Å². The van der Waals surface area contributed by atoms with Crippen LogP contribution in [0.3, 0.4) is 0 Å². The summed E-state index contributed by atoms with van der Waals surface area (Å²) in [5, 5.41) is 9.51. The van der Waals surface area contributed by atoms with Crippen molar-refractivity contribution in [2.24, 2.45) is 5.41 Å². The molecule has 1 saturated carbocycles. The summed E-state index contributed by atoms with van der Waals surface area (Å²) in [4.78, 5) is 14.1. The monoisotopic (exact) mass is 291 g/mol. The molecule has 2 rings (SSSR count). The Labute approximate surface area is 126 Å². The molecule has 0 aromatic heterocycles. The standard InChI is InChI=1S/C17H25NO3/c1-16(2,3)21-15(20)18(12-17(13-19)9-10-17)11-14-7-5-4-6-8-14/h4-8,19H,9-13H2,1-3H3. The lowest BCUT2D eigenvalue weighted by atomic mass is 10.1. The summed E-state index contributed by atoms with van der Waals surface area (Å²) >= 11 is 0. The molecule has 1 aromatic rings. The number of amides is 1. The third-order valence-electron chi connectivity index (χ3n) is 3.69. The van der Waals surface area contributed by atoms with Gasteiger partial charge in [-0.15, -0.1) is 0 Å². The maximum Gasteiger partial charge on any atom is 0.410 e. The Morgan fingerprint density at radius 3 is 2.38 bits per heavy atom. The molecule has 0 saturated heterocycles. The van der Waals surface area contributed by atoms with Crippen LogP contribution in [0.15, 0.2) is 30.3 Å². The van der Waals surface area contributed by atoms with Gasteiger partial charge in [-0.1, -0.05) is 30.3 Å². The molecule has 1 aliphatic rings. The van der Waals surface area contributed by atoms with Crippen LogP contribution in [-0.4, -0.2) is 34.9 Å². The maximum absolute atomic E-state index is 12.4. The van der Waals surface area contributed by atoms with E-state index in [0.717, 1.165) is 18.4 Å². The minimum Gasteiger partial charge on any atom is -0.444 e. The highest BCUT2D eigenvalue weighted by Crippen LogP contribution is 2.46. The highest BCUT2D eigenvalue weighted by atomic mass is 16.6. The van der Waals surface area contributed by atoms with Gasteiger partial charge in [-0.05, 0) is 39.2 Å². The number of benzene rings is 1. The molecule has 4 nitrogen and oxygen atoms in total. The van der Waals surface area contributed by atoms with E-state index in [-0.39, 0.29) is 18.1 Å². The Hall–Kier alpha value is -1.55. The summed E-state index contributed by atoms with van der Waals surface area (Å²) in [5.41, 5.74) is 0.435. The summed E-state index contributed by atoms with van der Waals surface area (Å²) in [6, 6.07) is 9.87. The van der Waals surface area contributed by atoms with E-state index in [0.29, 0.717) is 13.1 Å². The number of nitrogens with zero attached hydrogens (tertiary/aromatic N) is 1. The average molecular weight is 291 g/mol. The van der Waals surface area contributed by atoms with Crippen molar-refractivity contribution in [1.29, 1.82) is 0 Å². The molecule has 0 heterocycles. The van der Waals surface area contributed by atoms with E-state index >= 15 is 0 Å². The second-order valence-electron chi connectivity index (χ2n) is 6.98. The molecule has 0 aliphatic heterocycles. The molecule has 1 aliphatic carbocycles. The van der Waals surface area contributed by atoms with E-state index in [1.165, 1.54) is 0 Å². The lowest BCUT2D eigenvalue weighted by Gasteiger charge is -2.30. The predicted molar refractivity (Wildman–Crippen MR) is 81.8 cm³/mol. The van der Waals surface area contributed by atoms with Gasteiger partial charge in [0.05, 0.1) is 6.61 Å². The third-order valence-corrected chi connectivity index (χ3v) is 3.69. The molecule has 1 fully saturated rings. The Balaban J connectivity index is 2.08. The lowest BCUT2D eigenvalue weighted by molar-refractivity contribution is 0.0165. The number of ether oxygens (including phenoxy) is 1. The Bertz CT molecular complexity index is 475. The molecule has 116 valence electrons. The van der Waals surface area contributed by atoms with Gasteiger partial charge in [0.1, 0.15) is 5.60 Å². The fourth-order valence-electron chi connectivity index (χ4n) is 2.26. The van der Waals surface area contributed by atoms with Crippen LogP contribution in [0, 0.1) is 5.41 Å². The van der Waals surface area contributed by atoms with Gasteiger partial charge in [-0.25, -0.2) is 4.79 Å². The van der Waals surface area contributed by atoms with Gasteiger partial charge in [-0.3, -0.25) is 0 Å². The molecular formula is C17H25NO3. The fourth-order valence-corrected chi connectivity index (χ4v) is 2.26. The molecule has 0 unspecified atom stereocenters. The topological polar surface area (TPSA) is 49.8 Å².